The van der Waals surface area contributed by atoms with E-state index < -0.39 is 0 Å². The van der Waals surface area contributed by atoms with Gasteiger partial charge in [-0.3, -0.25) is 4.79 Å². The van der Waals surface area contributed by atoms with Gasteiger partial charge in [0.05, 0.1) is 6.04 Å². The Morgan fingerprint density at radius 3 is 3.06 bits per heavy atom. The number of carbonyl (C=O) groups is 1. The first kappa shape index (κ1) is 12.8. The summed E-state index contributed by atoms with van der Waals surface area (Å²) >= 11 is 0. The van der Waals surface area contributed by atoms with Crippen LogP contribution in [-0.4, -0.2) is 63.2 Å². The number of hydrogen-bond acceptors (Lipinski definition) is 4. The van der Waals surface area contributed by atoms with Crippen molar-refractivity contribution in [3.8, 4) is 0 Å². The molecule has 0 aromatic carbocycles. The first-order valence-corrected chi connectivity index (χ1v) is 6.66. The van der Waals surface area contributed by atoms with E-state index in [0.717, 1.165) is 32.7 Å². The molecule has 5 heteroatoms. The highest BCUT2D eigenvalue weighted by atomic mass is 16.2. The molecule has 0 bridgehead atoms. The molecule has 0 saturated carbocycles. The molecule has 2 heterocycles. The van der Waals surface area contributed by atoms with Crippen molar-refractivity contribution in [3.05, 3.63) is 0 Å². The molecule has 2 atom stereocenters. The van der Waals surface area contributed by atoms with Gasteiger partial charge in [0.1, 0.15) is 0 Å². The van der Waals surface area contributed by atoms with Gasteiger partial charge < -0.3 is 20.9 Å². The molecule has 0 aromatic heterocycles. The fourth-order valence-electron chi connectivity index (χ4n) is 2.65. The van der Waals surface area contributed by atoms with Crippen molar-refractivity contribution in [2.75, 3.05) is 46.3 Å². The number of likely N-dealkylation sites (tertiary alicyclic amines) is 1. The summed E-state index contributed by atoms with van der Waals surface area (Å²) in [7, 11) is 2.15. The Balaban J connectivity index is 1.68. The van der Waals surface area contributed by atoms with Gasteiger partial charge in [0.25, 0.3) is 0 Å². The fraction of sp³-hybridized carbons (Fsp3) is 0.917. The van der Waals surface area contributed by atoms with Gasteiger partial charge >= 0.3 is 0 Å². The molecule has 3 N–H and O–H groups in total. The summed E-state index contributed by atoms with van der Waals surface area (Å²) in [5, 5.41) is 9.53. The van der Waals surface area contributed by atoms with Crippen molar-refractivity contribution >= 4 is 5.91 Å². The highest BCUT2D eigenvalue weighted by molar-refractivity contribution is 5.82. The third-order valence-corrected chi connectivity index (χ3v) is 3.64. The Hall–Kier alpha value is -0.650. The Labute approximate surface area is 103 Å². The lowest BCUT2D eigenvalue weighted by molar-refractivity contribution is -0.123. The van der Waals surface area contributed by atoms with Crippen molar-refractivity contribution in [2.24, 2.45) is 5.92 Å². The van der Waals surface area contributed by atoms with E-state index in [1.54, 1.807) is 0 Å². The maximum absolute atomic E-state index is 11.9. The molecule has 0 aliphatic carbocycles. The maximum atomic E-state index is 11.9. The number of nitrogens with one attached hydrogen (secondary N) is 3. The lowest BCUT2D eigenvalue weighted by Crippen LogP contribution is -2.56. The third-order valence-electron chi connectivity index (χ3n) is 3.64. The molecule has 2 unspecified atom stereocenters. The minimum absolute atomic E-state index is 0.0509. The van der Waals surface area contributed by atoms with Crippen LogP contribution in [0.25, 0.3) is 0 Å². The highest BCUT2D eigenvalue weighted by Crippen LogP contribution is 2.13. The molecule has 2 rings (SSSR count). The molecule has 98 valence electrons. The second-order valence-corrected chi connectivity index (χ2v) is 5.23. The summed E-state index contributed by atoms with van der Waals surface area (Å²) in [6.07, 6.45) is 2.49. The first-order chi connectivity index (χ1) is 8.25. The molecule has 2 saturated heterocycles. The number of amides is 1. The minimum atomic E-state index is -0.0509. The van der Waals surface area contributed by atoms with E-state index in [0.29, 0.717) is 5.92 Å². The van der Waals surface area contributed by atoms with Crippen LogP contribution in [0.3, 0.4) is 0 Å². The fourth-order valence-corrected chi connectivity index (χ4v) is 2.65. The van der Waals surface area contributed by atoms with Gasteiger partial charge in [-0.1, -0.05) is 0 Å². The lowest BCUT2D eigenvalue weighted by atomic mass is 9.98. The van der Waals surface area contributed by atoms with Gasteiger partial charge in [-0.05, 0) is 32.4 Å². The number of piperazine rings is 1. The molecule has 2 fully saturated rings. The maximum Gasteiger partial charge on any atom is 0.238 e. The predicted molar refractivity (Wildman–Crippen MR) is 67.9 cm³/mol. The quantitative estimate of drug-likeness (QED) is 0.593. The summed E-state index contributed by atoms with van der Waals surface area (Å²) < 4.78 is 0. The molecule has 17 heavy (non-hydrogen) atoms. The number of hydrogen-bond donors (Lipinski definition) is 3. The van der Waals surface area contributed by atoms with Crippen LogP contribution in [0.2, 0.25) is 0 Å². The summed E-state index contributed by atoms with van der Waals surface area (Å²) in [5.74, 6) is 0.764. The molecule has 0 aromatic rings. The first-order valence-electron chi connectivity index (χ1n) is 6.66. The predicted octanol–water partition coefficient (Wildman–Crippen LogP) is -0.994. The number of carbonyl (C=O) groups excluding carboxylic acids is 1. The van der Waals surface area contributed by atoms with Crippen LogP contribution in [0.5, 0.6) is 0 Å². The minimum Gasteiger partial charge on any atom is -0.354 e. The summed E-state index contributed by atoms with van der Waals surface area (Å²) in [4.78, 5) is 14.2. The number of nitrogens with zero attached hydrogens (tertiary/aromatic N) is 1. The van der Waals surface area contributed by atoms with Gasteiger partial charge in [-0.2, -0.15) is 0 Å². The van der Waals surface area contributed by atoms with Crippen molar-refractivity contribution in [1.29, 1.82) is 0 Å². The molecule has 2 aliphatic heterocycles. The van der Waals surface area contributed by atoms with Gasteiger partial charge in [-0.25, -0.2) is 0 Å². The van der Waals surface area contributed by atoms with Crippen LogP contribution in [0.4, 0.5) is 0 Å². The summed E-state index contributed by atoms with van der Waals surface area (Å²) in [6.45, 7) is 5.70. The van der Waals surface area contributed by atoms with Crippen LogP contribution in [-0.2, 0) is 4.79 Å². The van der Waals surface area contributed by atoms with Crippen LogP contribution in [0.1, 0.15) is 12.8 Å². The molecule has 0 radical (unpaired) electrons. The second kappa shape index (κ2) is 6.33. The Bertz CT molecular complexity index is 253. The van der Waals surface area contributed by atoms with E-state index in [-0.39, 0.29) is 11.9 Å². The van der Waals surface area contributed by atoms with E-state index in [4.69, 9.17) is 0 Å². The second-order valence-electron chi connectivity index (χ2n) is 5.23. The van der Waals surface area contributed by atoms with Gasteiger partial charge in [0.15, 0.2) is 0 Å². The van der Waals surface area contributed by atoms with Gasteiger partial charge in [-0.15, -0.1) is 0 Å². The summed E-state index contributed by atoms with van der Waals surface area (Å²) in [6, 6.07) is -0.0509. The Morgan fingerprint density at radius 1 is 1.47 bits per heavy atom. The zero-order valence-corrected chi connectivity index (χ0v) is 10.7. The van der Waals surface area contributed by atoms with Gasteiger partial charge in [0, 0.05) is 32.7 Å². The van der Waals surface area contributed by atoms with E-state index in [9.17, 15) is 4.79 Å². The average molecular weight is 240 g/mol. The normalized spacial score (nSPS) is 31.1. The van der Waals surface area contributed by atoms with Crippen molar-refractivity contribution < 1.29 is 4.79 Å². The van der Waals surface area contributed by atoms with E-state index in [1.165, 1.54) is 19.4 Å². The zero-order chi connectivity index (χ0) is 12.1. The molecule has 5 nitrogen and oxygen atoms in total. The molecular weight excluding hydrogens is 216 g/mol. The van der Waals surface area contributed by atoms with Crippen molar-refractivity contribution in [3.63, 3.8) is 0 Å². The smallest absolute Gasteiger partial charge is 0.238 e. The third kappa shape index (κ3) is 3.94. The highest BCUT2D eigenvalue weighted by Gasteiger charge is 2.22. The Kier molecular flexibility index (Phi) is 4.76. The largest absolute Gasteiger partial charge is 0.354 e. The van der Waals surface area contributed by atoms with E-state index in [2.05, 4.69) is 27.9 Å². The van der Waals surface area contributed by atoms with Crippen LogP contribution >= 0.6 is 0 Å². The van der Waals surface area contributed by atoms with E-state index in [1.807, 2.05) is 0 Å². The SMILES string of the molecule is CN1CCCC(CNC(=O)C2CNCCN2)C1. The zero-order valence-electron chi connectivity index (χ0n) is 10.7. The number of rotatable bonds is 3. The molecular formula is C12H24N4O. The van der Waals surface area contributed by atoms with Crippen molar-refractivity contribution in [2.45, 2.75) is 18.9 Å². The standard InChI is InChI=1S/C12H24N4O/c1-16-6-2-3-10(9-16)7-15-12(17)11-8-13-4-5-14-11/h10-11,13-14H,2-9H2,1H3,(H,15,17). The van der Waals surface area contributed by atoms with Crippen molar-refractivity contribution in [1.82, 2.24) is 20.9 Å². The van der Waals surface area contributed by atoms with E-state index >= 15 is 0 Å². The summed E-state index contributed by atoms with van der Waals surface area (Å²) in [5.41, 5.74) is 0. The lowest BCUT2D eigenvalue weighted by Gasteiger charge is -2.30. The molecule has 2 aliphatic rings. The van der Waals surface area contributed by atoms with Crippen LogP contribution in [0.15, 0.2) is 0 Å². The van der Waals surface area contributed by atoms with Crippen LogP contribution in [0, 0.1) is 5.92 Å². The topological polar surface area (TPSA) is 56.4 Å². The Morgan fingerprint density at radius 2 is 2.35 bits per heavy atom. The number of piperidine rings is 1. The van der Waals surface area contributed by atoms with Gasteiger partial charge in [0.2, 0.25) is 5.91 Å². The molecule has 1 amide bonds. The average Bonchev–Trinajstić information content (AvgIpc) is 2.37. The molecule has 0 spiro atoms. The van der Waals surface area contributed by atoms with Crippen LogP contribution < -0.4 is 16.0 Å². The monoisotopic (exact) mass is 240 g/mol.